The van der Waals surface area contributed by atoms with Crippen LogP contribution in [0.2, 0.25) is 0 Å². The lowest BCUT2D eigenvalue weighted by molar-refractivity contribution is -0.116. The number of likely N-dealkylation sites (N-methyl/N-ethyl adjacent to an activating group) is 1. The number of hydrogen-bond acceptors (Lipinski definition) is 6. The van der Waals surface area contributed by atoms with Gasteiger partial charge in [-0.15, -0.1) is 0 Å². The van der Waals surface area contributed by atoms with Crippen molar-refractivity contribution >= 4 is 23.4 Å². The molecule has 36 heavy (non-hydrogen) atoms. The summed E-state index contributed by atoms with van der Waals surface area (Å²) in [6, 6.07) is 8.15. The fraction of sp³-hybridized carbons (Fsp3) is 0.481. The summed E-state index contributed by atoms with van der Waals surface area (Å²) < 4.78 is 11.9. The van der Waals surface area contributed by atoms with Crippen LogP contribution in [-0.2, 0) is 9.53 Å². The van der Waals surface area contributed by atoms with Crippen molar-refractivity contribution in [3.05, 3.63) is 53.9 Å². The molecule has 0 saturated carbocycles. The summed E-state index contributed by atoms with van der Waals surface area (Å²) in [4.78, 5) is 46.4. The van der Waals surface area contributed by atoms with E-state index in [1.807, 2.05) is 20.8 Å². The topological polar surface area (TPSA) is 101 Å². The molecule has 3 rings (SSSR count). The third-order valence-corrected chi connectivity index (χ3v) is 6.39. The van der Waals surface area contributed by atoms with E-state index in [0.29, 0.717) is 42.1 Å². The fourth-order valence-electron chi connectivity index (χ4n) is 4.25. The van der Waals surface area contributed by atoms with Crippen molar-refractivity contribution in [1.82, 2.24) is 14.8 Å². The second kappa shape index (κ2) is 12.5. The van der Waals surface area contributed by atoms with Crippen molar-refractivity contribution in [3.8, 4) is 5.75 Å². The third kappa shape index (κ3) is 6.60. The number of amides is 3. The molecule has 2 aromatic rings. The fourth-order valence-corrected chi connectivity index (χ4v) is 4.25. The van der Waals surface area contributed by atoms with E-state index in [1.165, 1.54) is 0 Å². The Morgan fingerprint density at radius 1 is 1.17 bits per heavy atom. The number of rotatable bonds is 5. The number of aromatic nitrogens is 1. The van der Waals surface area contributed by atoms with Crippen molar-refractivity contribution in [2.75, 3.05) is 39.2 Å². The largest absolute Gasteiger partial charge is 0.491 e. The van der Waals surface area contributed by atoms with Crippen LogP contribution in [0.5, 0.6) is 5.75 Å². The molecule has 3 amide bonds. The number of anilines is 1. The number of nitrogens with one attached hydrogen (secondary N) is 1. The maximum Gasteiger partial charge on any atom is 0.257 e. The molecule has 1 aromatic carbocycles. The zero-order chi connectivity index (χ0) is 26.2. The van der Waals surface area contributed by atoms with Gasteiger partial charge in [-0.3, -0.25) is 19.4 Å². The van der Waals surface area contributed by atoms with E-state index in [-0.39, 0.29) is 42.4 Å². The highest BCUT2D eigenvalue weighted by molar-refractivity contribution is 5.99. The lowest BCUT2D eigenvalue weighted by atomic mass is 10.0. The van der Waals surface area contributed by atoms with E-state index in [1.54, 1.807) is 66.7 Å². The number of methoxy groups -OCH3 is 1. The average Bonchev–Trinajstić information content (AvgIpc) is 2.88. The molecule has 0 bridgehead atoms. The van der Waals surface area contributed by atoms with Gasteiger partial charge in [0.2, 0.25) is 5.91 Å². The van der Waals surface area contributed by atoms with Gasteiger partial charge >= 0.3 is 0 Å². The van der Waals surface area contributed by atoms with Gasteiger partial charge in [0.15, 0.2) is 0 Å². The minimum Gasteiger partial charge on any atom is -0.491 e. The number of carbonyl (C=O) groups is 3. The van der Waals surface area contributed by atoms with E-state index >= 15 is 0 Å². The predicted octanol–water partition coefficient (Wildman–Crippen LogP) is 3.47. The molecular formula is C27H36N4O5. The summed E-state index contributed by atoms with van der Waals surface area (Å²) in [6.45, 7) is 6.81. The molecule has 0 saturated heterocycles. The molecule has 9 heteroatoms. The van der Waals surface area contributed by atoms with Crippen molar-refractivity contribution in [3.63, 3.8) is 0 Å². The smallest absolute Gasteiger partial charge is 0.257 e. The monoisotopic (exact) mass is 496 g/mol. The minimum absolute atomic E-state index is 0.0583. The summed E-state index contributed by atoms with van der Waals surface area (Å²) in [7, 11) is 3.32. The van der Waals surface area contributed by atoms with Gasteiger partial charge < -0.3 is 24.6 Å². The highest BCUT2D eigenvalue weighted by Crippen LogP contribution is 2.27. The molecule has 0 fully saturated rings. The molecule has 0 radical (unpaired) electrons. The van der Waals surface area contributed by atoms with Crippen molar-refractivity contribution in [2.45, 2.75) is 45.8 Å². The van der Waals surface area contributed by atoms with E-state index in [0.717, 1.165) is 6.42 Å². The molecule has 2 heterocycles. The maximum atomic E-state index is 13.4. The van der Waals surface area contributed by atoms with Gasteiger partial charge in [-0.2, -0.15) is 0 Å². The summed E-state index contributed by atoms with van der Waals surface area (Å²) in [5, 5.41) is 2.84. The first-order valence-corrected chi connectivity index (χ1v) is 12.3. The zero-order valence-electron chi connectivity index (χ0n) is 21.7. The molecule has 0 spiro atoms. The van der Waals surface area contributed by atoms with Gasteiger partial charge in [-0.1, -0.05) is 13.8 Å². The van der Waals surface area contributed by atoms with Gasteiger partial charge in [-0.05, 0) is 43.7 Å². The predicted molar refractivity (Wildman–Crippen MR) is 137 cm³/mol. The number of fused-ring (bicyclic) bond motifs is 1. The Morgan fingerprint density at radius 3 is 2.56 bits per heavy atom. The molecule has 1 N–H and O–H groups in total. The first kappa shape index (κ1) is 27.1. The number of benzene rings is 1. The van der Waals surface area contributed by atoms with Crippen LogP contribution in [0, 0.1) is 5.92 Å². The number of carbonyl (C=O) groups excluding carboxylic acids is 3. The quantitative estimate of drug-likeness (QED) is 0.680. The average molecular weight is 497 g/mol. The van der Waals surface area contributed by atoms with E-state index < -0.39 is 0 Å². The Hall–Kier alpha value is -3.46. The van der Waals surface area contributed by atoms with Crippen LogP contribution in [0.4, 0.5) is 5.69 Å². The Balaban J connectivity index is 1.96. The van der Waals surface area contributed by atoms with Crippen LogP contribution in [-0.4, -0.2) is 78.5 Å². The standard InChI is InChI=1S/C27H36N4O5/c1-6-7-25(32)29-21-8-9-23-22(14-21)27(34)30(4)16-24(35-5)18(2)15-31(19(3)17-36-23)26(33)20-10-12-28-13-11-20/h8-14,18-19,24H,6-7,15-17H2,1-5H3,(H,29,32)/t18-,19+,24-/m1/s1. The summed E-state index contributed by atoms with van der Waals surface area (Å²) >= 11 is 0. The second-order valence-electron chi connectivity index (χ2n) is 9.30. The number of hydrogen-bond donors (Lipinski definition) is 1. The molecule has 1 aliphatic heterocycles. The van der Waals surface area contributed by atoms with Crippen LogP contribution < -0.4 is 10.1 Å². The highest BCUT2D eigenvalue weighted by Gasteiger charge is 2.31. The van der Waals surface area contributed by atoms with E-state index in [2.05, 4.69) is 10.3 Å². The summed E-state index contributed by atoms with van der Waals surface area (Å²) in [5.41, 5.74) is 1.42. The minimum atomic E-state index is -0.296. The van der Waals surface area contributed by atoms with Gasteiger partial charge in [-0.25, -0.2) is 0 Å². The zero-order valence-corrected chi connectivity index (χ0v) is 21.7. The van der Waals surface area contributed by atoms with Gasteiger partial charge in [0.1, 0.15) is 12.4 Å². The Kier molecular flexibility index (Phi) is 9.41. The van der Waals surface area contributed by atoms with Crippen molar-refractivity contribution in [1.29, 1.82) is 0 Å². The van der Waals surface area contributed by atoms with Crippen molar-refractivity contribution < 1.29 is 23.9 Å². The number of nitrogens with zero attached hydrogens (tertiary/aromatic N) is 3. The molecule has 0 unspecified atom stereocenters. The molecule has 194 valence electrons. The first-order valence-electron chi connectivity index (χ1n) is 12.3. The van der Waals surface area contributed by atoms with E-state index in [4.69, 9.17) is 9.47 Å². The third-order valence-electron chi connectivity index (χ3n) is 6.39. The van der Waals surface area contributed by atoms with Crippen LogP contribution in [0.1, 0.15) is 54.3 Å². The lowest BCUT2D eigenvalue weighted by Gasteiger charge is -2.36. The Bertz CT molecular complexity index is 1060. The van der Waals surface area contributed by atoms with Gasteiger partial charge in [0.25, 0.3) is 11.8 Å². The molecule has 0 aliphatic carbocycles. The lowest BCUT2D eigenvalue weighted by Crippen LogP contribution is -2.48. The molecule has 3 atom stereocenters. The molecule has 1 aromatic heterocycles. The van der Waals surface area contributed by atoms with Crippen molar-refractivity contribution in [2.24, 2.45) is 5.92 Å². The highest BCUT2D eigenvalue weighted by atomic mass is 16.5. The normalized spacial score (nSPS) is 21.0. The molecule has 9 nitrogen and oxygen atoms in total. The van der Waals surface area contributed by atoms with Crippen LogP contribution >= 0.6 is 0 Å². The van der Waals surface area contributed by atoms with Crippen LogP contribution in [0.3, 0.4) is 0 Å². The molecular weight excluding hydrogens is 460 g/mol. The van der Waals surface area contributed by atoms with Gasteiger partial charge in [0.05, 0.1) is 17.7 Å². The summed E-state index contributed by atoms with van der Waals surface area (Å²) in [6.07, 6.45) is 4.02. The first-order chi connectivity index (χ1) is 17.2. The van der Waals surface area contributed by atoms with Gasteiger partial charge in [0, 0.05) is 63.2 Å². The summed E-state index contributed by atoms with van der Waals surface area (Å²) in [5.74, 6) is -0.127. The SMILES string of the molecule is CCCC(=O)Nc1ccc2c(c1)C(=O)N(C)C[C@@H](OC)[C@H](C)CN(C(=O)c1ccncc1)[C@@H](C)CO2. The van der Waals surface area contributed by atoms with Crippen LogP contribution in [0.25, 0.3) is 0 Å². The Morgan fingerprint density at radius 2 is 1.89 bits per heavy atom. The second-order valence-corrected chi connectivity index (χ2v) is 9.30. The van der Waals surface area contributed by atoms with Crippen LogP contribution in [0.15, 0.2) is 42.7 Å². The maximum absolute atomic E-state index is 13.4. The number of ether oxygens (including phenoxy) is 2. The number of pyridine rings is 1. The molecule has 1 aliphatic rings. The Labute approximate surface area is 212 Å². The van der Waals surface area contributed by atoms with E-state index in [9.17, 15) is 14.4 Å².